The first-order valence-corrected chi connectivity index (χ1v) is 9.70. The van der Waals surface area contributed by atoms with Gasteiger partial charge in [0.2, 0.25) is 0 Å². The summed E-state index contributed by atoms with van der Waals surface area (Å²) < 4.78 is 19.8. The van der Waals surface area contributed by atoms with Crippen molar-refractivity contribution in [2.75, 3.05) is 35.7 Å². The minimum atomic E-state index is -0.457. The minimum absolute atomic E-state index is 0.314. The molecule has 0 spiro atoms. The Morgan fingerprint density at radius 1 is 1.00 bits per heavy atom. The Balaban J connectivity index is 1.49. The number of rotatable bonds is 4. The Kier molecular flexibility index (Phi) is 5.46. The van der Waals surface area contributed by atoms with Gasteiger partial charge in [-0.05, 0) is 67.8 Å². The van der Waals surface area contributed by atoms with Gasteiger partial charge in [-0.3, -0.25) is 0 Å². The number of nitrogens with zero attached hydrogens (tertiary/aromatic N) is 2. The zero-order valence-corrected chi connectivity index (χ0v) is 16.2. The van der Waals surface area contributed by atoms with Gasteiger partial charge >= 0.3 is 6.03 Å². The van der Waals surface area contributed by atoms with E-state index in [2.05, 4.69) is 20.5 Å². The number of anilines is 3. The number of ether oxygens (including phenoxy) is 1. The Morgan fingerprint density at radius 3 is 2.45 bits per heavy atom. The number of halogens is 1. The van der Waals surface area contributed by atoms with E-state index in [0.717, 1.165) is 31.7 Å². The fourth-order valence-corrected chi connectivity index (χ4v) is 3.52. The fourth-order valence-electron chi connectivity index (χ4n) is 3.52. The standard InChI is InChI=1S/C22H23FN4O2/c1-29-18-8-6-16(7-9-18)24-22(28)25-17-13-15-5-10-20(26-21(15)19(23)14-17)27-11-3-2-4-12-27/h5-10,13-14H,2-4,11-12H2,1H3,(H2,24,25,28). The lowest BCUT2D eigenvalue weighted by molar-refractivity contribution is 0.262. The molecule has 1 saturated heterocycles. The summed E-state index contributed by atoms with van der Waals surface area (Å²) in [6.07, 6.45) is 3.49. The molecular formula is C22H23FN4O2. The Morgan fingerprint density at radius 2 is 1.72 bits per heavy atom. The van der Waals surface area contributed by atoms with E-state index in [1.165, 1.54) is 12.5 Å². The first-order chi connectivity index (χ1) is 14.1. The van der Waals surface area contributed by atoms with Crippen molar-refractivity contribution in [2.45, 2.75) is 19.3 Å². The highest BCUT2D eigenvalue weighted by Crippen LogP contribution is 2.26. The molecule has 0 unspecified atom stereocenters. The van der Waals surface area contributed by atoms with Gasteiger partial charge in [-0.15, -0.1) is 0 Å². The van der Waals surface area contributed by atoms with Crippen molar-refractivity contribution in [1.29, 1.82) is 0 Å². The summed E-state index contributed by atoms with van der Waals surface area (Å²) in [5.74, 6) is 1.04. The van der Waals surface area contributed by atoms with Gasteiger partial charge in [0.25, 0.3) is 0 Å². The summed E-state index contributed by atoms with van der Waals surface area (Å²) in [6.45, 7) is 1.90. The molecule has 1 aromatic heterocycles. The smallest absolute Gasteiger partial charge is 0.323 e. The number of piperidine rings is 1. The monoisotopic (exact) mass is 394 g/mol. The first kappa shape index (κ1) is 19.0. The lowest BCUT2D eigenvalue weighted by Gasteiger charge is -2.27. The topological polar surface area (TPSA) is 66.5 Å². The summed E-state index contributed by atoms with van der Waals surface area (Å²) in [7, 11) is 1.58. The summed E-state index contributed by atoms with van der Waals surface area (Å²) in [5.41, 5.74) is 1.29. The molecule has 2 N–H and O–H groups in total. The van der Waals surface area contributed by atoms with Crippen LogP contribution in [-0.2, 0) is 0 Å². The molecule has 0 atom stereocenters. The van der Waals surface area contributed by atoms with E-state index >= 15 is 0 Å². The average molecular weight is 394 g/mol. The maximum Gasteiger partial charge on any atom is 0.323 e. The van der Waals surface area contributed by atoms with E-state index in [1.807, 2.05) is 12.1 Å². The molecule has 0 bridgehead atoms. The number of nitrogens with one attached hydrogen (secondary N) is 2. The van der Waals surface area contributed by atoms with Crippen LogP contribution in [0.2, 0.25) is 0 Å². The molecule has 2 heterocycles. The Bertz CT molecular complexity index is 1020. The highest BCUT2D eigenvalue weighted by molar-refractivity contribution is 6.01. The molecule has 7 heteroatoms. The van der Waals surface area contributed by atoms with Gasteiger partial charge in [-0.1, -0.05) is 0 Å². The predicted octanol–water partition coefficient (Wildman–Crippen LogP) is 5.02. The van der Waals surface area contributed by atoms with Crippen molar-refractivity contribution in [3.63, 3.8) is 0 Å². The number of methoxy groups -OCH3 is 1. The zero-order chi connectivity index (χ0) is 20.2. The van der Waals surface area contributed by atoms with Gasteiger partial charge in [0.1, 0.15) is 17.1 Å². The molecule has 0 aliphatic carbocycles. The zero-order valence-electron chi connectivity index (χ0n) is 16.2. The van der Waals surface area contributed by atoms with Crippen LogP contribution >= 0.6 is 0 Å². The van der Waals surface area contributed by atoms with Crippen LogP contribution in [0, 0.1) is 5.82 Å². The Hall–Kier alpha value is -3.35. The molecule has 2 aromatic carbocycles. The molecule has 1 aliphatic heterocycles. The third-order valence-corrected chi connectivity index (χ3v) is 5.02. The number of benzene rings is 2. The van der Waals surface area contributed by atoms with Gasteiger partial charge in [-0.2, -0.15) is 0 Å². The normalized spacial score (nSPS) is 13.9. The number of aromatic nitrogens is 1. The van der Waals surface area contributed by atoms with Gasteiger partial charge in [0.05, 0.1) is 7.11 Å². The first-order valence-electron chi connectivity index (χ1n) is 9.70. The molecule has 0 saturated carbocycles. The van der Waals surface area contributed by atoms with Gasteiger partial charge in [0.15, 0.2) is 5.82 Å². The van der Waals surface area contributed by atoms with Crippen LogP contribution in [0.4, 0.5) is 26.4 Å². The molecule has 4 rings (SSSR count). The molecule has 1 fully saturated rings. The number of urea groups is 1. The van der Waals surface area contributed by atoms with Crippen LogP contribution in [0.15, 0.2) is 48.5 Å². The van der Waals surface area contributed by atoms with E-state index in [1.54, 1.807) is 37.4 Å². The van der Waals surface area contributed by atoms with Crippen LogP contribution in [-0.4, -0.2) is 31.2 Å². The van der Waals surface area contributed by atoms with E-state index in [9.17, 15) is 9.18 Å². The maximum atomic E-state index is 14.7. The number of carbonyl (C=O) groups is 1. The molecule has 3 aromatic rings. The van der Waals surface area contributed by atoms with E-state index in [0.29, 0.717) is 28.0 Å². The van der Waals surface area contributed by atoms with Crippen LogP contribution in [0.3, 0.4) is 0 Å². The molecule has 0 radical (unpaired) electrons. The SMILES string of the molecule is COc1ccc(NC(=O)Nc2cc(F)c3nc(N4CCCCC4)ccc3c2)cc1. The van der Waals surface area contributed by atoms with Crippen molar-refractivity contribution in [1.82, 2.24) is 4.98 Å². The van der Waals surface area contributed by atoms with Crippen LogP contribution < -0.4 is 20.3 Å². The second-order valence-electron chi connectivity index (χ2n) is 7.05. The Labute approximate surface area is 168 Å². The summed E-state index contributed by atoms with van der Waals surface area (Å²) >= 11 is 0. The van der Waals surface area contributed by atoms with Crippen molar-refractivity contribution in [3.8, 4) is 5.75 Å². The number of fused-ring (bicyclic) bond motifs is 1. The molecule has 1 aliphatic rings. The number of hydrogen-bond acceptors (Lipinski definition) is 4. The molecule has 150 valence electrons. The predicted molar refractivity (Wildman–Crippen MR) is 113 cm³/mol. The van der Waals surface area contributed by atoms with Gasteiger partial charge in [0, 0.05) is 29.9 Å². The number of carbonyl (C=O) groups excluding carboxylic acids is 1. The third kappa shape index (κ3) is 4.39. The fraction of sp³-hybridized carbons (Fsp3) is 0.273. The van der Waals surface area contributed by atoms with Crippen LogP contribution in [0.25, 0.3) is 10.9 Å². The third-order valence-electron chi connectivity index (χ3n) is 5.02. The van der Waals surface area contributed by atoms with Crippen LogP contribution in [0.5, 0.6) is 5.75 Å². The van der Waals surface area contributed by atoms with Crippen molar-refractivity contribution in [3.05, 3.63) is 54.3 Å². The summed E-state index contributed by atoms with van der Waals surface area (Å²) in [5, 5.41) is 6.03. The summed E-state index contributed by atoms with van der Waals surface area (Å²) in [6, 6.07) is 13.3. The van der Waals surface area contributed by atoms with Crippen molar-refractivity contribution in [2.24, 2.45) is 0 Å². The average Bonchev–Trinajstić information content (AvgIpc) is 2.74. The number of amides is 2. The van der Waals surface area contributed by atoms with Crippen molar-refractivity contribution < 1.29 is 13.9 Å². The molecule has 29 heavy (non-hydrogen) atoms. The molecule has 2 amide bonds. The van der Waals surface area contributed by atoms with Gasteiger partial charge in [-0.25, -0.2) is 14.2 Å². The largest absolute Gasteiger partial charge is 0.497 e. The highest BCUT2D eigenvalue weighted by atomic mass is 19.1. The van der Waals surface area contributed by atoms with E-state index in [4.69, 9.17) is 4.74 Å². The molecular weight excluding hydrogens is 371 g/mol. The van der Waals surface area contributed by atoms with Gasteiger partial charge < -0.3 is 20.3 Å². The highest BCUT2D eigenvalue weighted by Gasteiger charge is 2.14. The second kappa shape index (κ2) is 8.34. The maximum absolute atomic E-state index is 14.7. The minimum Gasteiger partial charge on any atom is -0.497 e. The second-order valence-corrected chi connectivity index (χ2v) is 7.05. The summed E-state index contributed by atoms with van der Waals surface area (Å²) in [4.78, 5) is 19.0. The van der Waals surface area contributed by atoms with E-state index < -0.39 is 11.8 Å². The lowest BCUT2D eigenvalue weighted by atomic mass is 10.1. The van der Waals surface area contributed by atoms with Crippen molar-refractivity contribution >= 4 is 34.1 Å². The van der Waals surface area contributed by atoms with E-state index in [-0.39, 0.29) is 0 Å². The lowest BCUT2D eigenvalue weighted by Crippen LogP contribution is -2.30. The number of pyridine rings is 1. The molecule has 6 nitrogen and oxygen atoms in total. The quantitative estimate of drug-likeness (QED) is 0.652. The van der Waals surface area contributed by atoms with Crippen LogP contribution in [0.1, 0.15) is 19.3 Å². The number of hydrogen-bond donors (Lipinski definition) is 2.